The number of rotatable bonds is 3. The number of likely N-dealkylation sites (tertiary alicyclic amines) is 1. The lowest BCUT2D eigenvalue weighted by atomic mass is 9.58. The van der Waals surface area contributed by atoms with Crippen molar-refractivity contribution in [1.82, 2.24) is 4.90 Å². The second-order valence-corrected chi connectivity index (χ2v) is 15.3. The van der Waals surface area contributed by atoms with E-state index < -0.39 is 28.4 Å². The van der Waals surface area contributed by atoms with Gasteiger partial charge in [0.1, 0.15) is 11.3 Å². The Balaban J connectivity index is 1.40. The zero-order valence-electron chi connectivity index (χ0n) is 25.2. The molecule has 3 aliphatic heterocycles. The van der Waals surface area contributed by atoms with E-state index in [4.69, 9.17) is 74.4 Å². The maximum Gasteiger partial charge on any atom is 0.250 e. The van der Waals surface area contributed by atoms with Crippen LogP contribution >= 0.6 is 69.6 Å². The van der Waals surface area contributed by atoms with E-state index in [9.17, 15) is 4.79 Å². The highest BCUT2D eigenvalue weighted by Crippen LogP contribution is 2.71. The highest BCUT2D eigenvalue weighted by molar-refractivity contribution is 6.41. The molecule has 1 amide bonds. The van der Waals surface area contributed by atoms with Crippen molar-refractivity contribution in [3.63, 3.8) is 0 Å². The van der Waals surface area contributed by atoms with Crippen LogP contribution < -0.4 is 5.32 Å². The van der Waals surface area contributed by atoms with Crippen LogP contribution in [-0.2, 0) is 20.0 Å². The number of carbonyl (C=O) groups is 2. The number of anilines is 1. The molecule has 8 rings (SSSR count). The van der Waals surface area contributed by atoms with Crippen LogP contribution in [0.4, 0.5) is 5.69 Å². The molecule has 0 unspecified atom stereocenters. The van der Waals surface area contributed by atoms with Gasteiger partial charge in [-0.2, -0.15) is 0 Å². The molecule has 1 aliphatic carbocycles. The molecule has 0 aromatic heterocycles. The number of nitrogens with zero attached hydrogens (tertiary/aromatic N) is 2. The molecule has 5 atom stereocenters. The number of likely N-dealkylation sites (N-methyl/N-ethyl adjacent to an activating group) is 1. The Bertz CT molecular complexity index is 2090. The number of halogens is 6. The zero-order valence-corrected chi connectivity index (χ0v) is 29.7. The van der Waals surface area contributed by atoms with Crippen molar-refractivity contribution in [2.75, 3.05) is 18.9 Å². The van der Waals surface area contributed by atoms with Crippen molar-refractivity contribution in [3.05, 3.63) is 131 Å². The minimum atomic E-state index is -1.59. The summed E-state index contributed by atoms with van der Waals surface area (Å²) in [6.07, 6.45) is 0.472. The maximum atomic E-state index is 16.1. The van der Waals surface area contributed by atoms with E-state index in [1.54, 1.807) is 48.5 Å². The molecule has 4 aromatic rings. The number of oxime groups is 1. The zero-order chi connectivity index (χ0) is 33.7. The number of nitrogens with one attached hydrogen (secondary N) is 1. The first-order valence-corrected chi connectivity index (χ1v) is 17.5. The number of hydrogen-bond donors (Lipinski definition) is 1. The Kier molecular flexibility index (Phi) is 7.67. The quantitative estimate of drug-likeness (QED) is 0.226. The third-order valence-corrected chi connectivity index (χ3v) is 12.5. The minimum Gasteiger partial charge on any atom is -0.380 e. The molecule has 4 aromatic carbocycles. The van der Waals surface area contributed by atoms with Crippen molar-refractivity contribution < 1.29 is 14.4 Å². The fraction of sp³-hybridized carbons (Fsp3) is 0.250. The van der Waals surface area contributed by atoms with Gasteiger partial charge in [0.25, 0.3) is 5.91 Å². The summed E-state index contributed by atoms with van der Waals surface area (Å²) < 4.78 is 0. The molecule has 1 N–H and O–H groups in total. The van der Waals surface area contributed by atoms with E-state index in [1.807, 2.05) is 42.3 Å². The molecule has 1 saturated carbocycles. The van der Waals surface area contributed by atoms with Crippen LogP contribution in [-0.4, -0.2) is 41.5 Å². The number of hydrogen-bond acceptors (Lipinski definition) is 5. The highest BCUT2D eigenvalue weighted by atomic mass is 35.5. The number of Topliss-reactive ketones (excluding diaryl/α,β-unsaturated/α-hetero) is 1. The largest absolute Gasteiger partial charge is 0.380 e. The lowest BCUT2D eigenvalue weighted by Gasteiger charge is -2.44. The van der Waals surface area contributed by atoms with Crippen LogP contribution in [0.25, 0.3) is 0 Å². The van der Waals surface area contributed by atoms with Crippen molar-refractivity contribution >= 4 is 92.7 Å². The molecule has 6 nitrogen and oxygen atoms in total. The number of para-hydroxylation sites is 1. The van der Waals surface area contributed by atoms with E-state index in [0.717, 1.165) is 0 Å². The lowest BCUT2D eigenvalue weighted by molar-refractivity contribution is -0.154. The van der Waals surface area contributed by atoms with Crippen molar-refractivity contribution in [2.24, 2.45) is 10.6 Å². The Morgan fingerprint density at radius 1 is 0.792 bits per heavy atom. The van der Waals surface area contributed by atoms with E-state index in [-0.39, 0.29) is 24.5 Å². The molecular weight excluding hydrogens is 735 g/mol. The molecule has 3 spiro atoms. The van der Waals surface area contributed by atoms with Crippen LogP contribution in [0.5, 0.6) is 0 Å². The van der Waals surface area contributed by atoms with E-state index in [0.29, 0.717) is 70.3 Å². The third-order valence-electron chi connectivity index (χ3n) is 10.7. The van der Waals surface area contributed by atoms with Crippen molar-refractivity contribution in [1.29, 1.82) is 0 Å². The van der Waals surface area contributed by atoms with Gasteiger partial charge >= 0.3 is 0 Å². The molecule has 1 saturated heterocycles. The summed E-state index contributed by atoms with van der Waals surface area (Å²) in [6, 6.07) is 23.0. The van der Waals surface area contributed by atoms with Gasteiger partial charge in [0.2, 0.25) is 5.60 Å². The predicted molar refractivity (Wildman–Crippen MR) is 191 cm³/mol. The van der Waals surface area contributed by atoms with E-state index in [2.05, 4.69) is 10.5 Å². The summed E-state index contributed by atoms with van der Waals surface area (Å²) in [5.41, 5.74) is -0.942. The first-order valence-electron chi connectivity index (χ1n) is 15.2. The average molecular weight is 760 g/mol. The first-order chi connectivity index (χ1) is 23.0. The second-order valence-electron chi connectivity index (χ2n) is 12.8. The van der Waals surface area contributed by atoms with Gasteiger partial charge in [0.15, 0.2) is 5.78 Å². The van der Waals surface area contributed by atoms with Crippen LogP contribution in [0.1, 0.15) is 46.9 Å². The minimum absolute atomic E-state index is 0.206. The van der Waals surface area contributed by atoms with Crippen LogP contribution in [0, 0.1) is 5.41 Å². The molecule has 0 radical (unpaired) electrons. The molecule has 12 heteroatoms. The third kappa shape index (κ3) is 4.14. The number of amides is 1. The Labute approximate surface area is 306 Å². The summed E-state index contributed by atoms with van der Waals surface area (Å²) >= 11 is 40.1. The van der Waals surface area contributed by atoms with Gasteiger partial charge in [-0.05, 0) is 73.5 Å². The second kappa shape index (κ2) is 11.4. The Morgan fingerprint density at radius 3 is 2.10 bits per heavy atom. The van der Waals surface area contributed by atoms with Gasteiger partial charge < -0.3 is 10.2 Å². The SMILES string of the molecule is CN1C[C@@H](c2ccc(Cl)cc2Cl)[C@@]2(CC[C@]3(ON=C(c4c(Cl)cccc4Cl)[C@@H]3c3ccc(Cl)cc3Cl)C2=O)[C@]12C(=O)Nc1ccccc12. The smallest absolute Gasteiger partial charge is 0.250 e. The van der Waals surface area contributed by atoms with Gasteiger partial charge in [-0.3, -0.25) is 14.5 Å². The average Bonchev–Trinajstić information content (AvgIpc) is 3.73. The van der Waals surface area contributed by atoms with Crippen molar-refractivity contribution in [3.8, 4) is 0 Å². The Hall–Kier alpha value is -2.81. The Morgan fingerprint density at radius 2 is 1.44 bits per heavy atom. The number of fused-ring (bicyclic) bond motifs is 3. The highest BCUT2D eigenvalue weighted by Gasteiger charge is 2.80. The fourth-order valence-corrected chi connectivity index (χ4v) is 10.6. The number of carbonyl (C=O) groups excluding carboxylic acids is 2. The summed E-state index contributed by atoms with van der Waals surface area (Å²) in [5.74, 6) is -1.97. The maximum absolute atomic E-state index is 16.1. The van der Waals surface area contributed by atoms with Gasteiger partial charge in [-0.15, -0.1) is 0 Å². The predicted octanol–water partition coefficient (Wildman–Crippen LogP) is 9.79. The molecular formula is C36H25Cl6N3O3. The summed E-state index contributed by atoms with van der Waals surface area (Å²) in [5, 5.41) is 9.96. The number of benzene rings is 4. The summed E-state index contributed by atoms with van der Waals surface area (Å²) in [7, 11) is 1.88. The van der Waals surface area contributed by atoms with E-state index >= 15 is 4.79 Å². The van der Waals surface area contributed by atoms with Gasteiger partial charge in [0.05, 0.1) is 21.4 Å². The molecule has 3 heterocycles. The van der Waals surface area contributed by atoms with Gasteiger partial charge in [-0.1, -0.05) is 111 Å². The summed E-state index contributed by atoms with van der Waals surface area (Å²) in [6.45, 7) is 0.349. The van der Waals surface area contributed by atoms with Gasteiger partial charge in [0, 0.05) is 49.4 Å². The fourth-order valence-electron chi connectivity index (χ4n) is 8.92. The van der Waals surface area contributed by atoms with Crippen molar-refractivity contribution in [2.45, 2.75) is 35.8 Å². The summed E-state index contributed by atoms with van der Waals surface area (Å²) in [4.78, 5) is 39.1. The normalized spacial score (nSPS) is 29.2. The van der Waals surface area contributed by atoms with Crippen LogP contribution in [0.2, 0.25) is 30.1 Å². The number of ketones is 1. The molecule has 48 heavy (non-hydrogen) atoms. The molecule has 0 bridgehead atoms. The topological polar surface area (TPSA) is 71.0 Å². The van der Waals surface area contributed by atoms with Crippen LogP contribution in [0.3, 0.4) is 0 Å². The molecule has 2 fully saturated rings. The van der Waals surface area contributed by atoms with Crippen LogP contribution in [0.15, 0.2) is 84.0 Å². The standard InChI is InChI=1S/C36H25Cl6N3O3/c1-45-17-23(20-11-9-18(37)15-26(20)41)34(36(45)22-5-2-3-8-28(22)43-33(36)47)13-14-35(32(34)46)30(21-12-10-19(38)16-27(21)42)31(44-48-35)29-24(39)6-4-7-25(29)40/h2-12,15-16,23,30H,13-14,17H2,1H3,(H,43,47)/t23-,30-,34+,35+,36-/m0/s1. The lowest BCUT2D eigenvalue weighted by Crippen LogP contribution is -2.60. The monoisotopic (exact) mass is 757 g/mol. The molecule has 4 aliphatic rings. The van der Waals surface area contributed by atoms with E-state index in [1.165, 1.54) is 0 Å². The first kappa shape index (κ1) is 32.4. The van der Waals surface area contributed by atoms with Gasteiger partial charge in [-0.25, -0.2) is 0 Å². The molecule has 244 valence electrons.